The smallest absolute Gasteiger partial charge is 0.408 e. The van der Waals surface area contributed by atoms with E-state index in [1.165, 1.54) is 6.92 Å². The Bertz CT molecular complexity index is 712. The van der Waals surface area contributed by atoms with E-state index in [1.807, 2.05) is 30.3 Å². The van der Waals surface area contributed by atoms with Crippen molar-refractivity contribution >= 4 is 23.8 Å². The first-order valence-electron chi connectivity index (χ1n) is 9.49. The highest BCUT2D eigenvalue weighted by Gasteiger charge is 2.26. The second-order valence-electron chi connectivity index (χ2n) is 7.82. The summed E-state index contributed by atoms with van der Waals surface area (Å²) in [5, 5.41) is 2.43. The highest BCUT2D eigenvalue weighted by molar-refractivity contribution is 5.91. The third-order valence-electron chi connectivity index (χ3n) is 4.01. The average Bonchev–Trinajstić information content (AvgIpc) is 2.62. The number of ketones is 1. The molecule has 3 N–H and O–H groups in total. The predicted octanol–water partition coefficient (Wildman–Crippen LogP) is 2.48. The summed E-state index contributed by atoms with van der Waals surface area (Å²) < 4.78 is 10.3. The van der Waals surface area contributed by atoms with Gasteiger partial charge < -0.3 is 20.5 Å². The Morgan fingerprint density at radius 3 is 2.28 bits per heavy atom. The van der Waals surface area contributed by atoms with Crippen LogP contribution in [0.1, 0.15) is 52.5 Å². The number of Topliss-reactive ketones (excluding diaryl/α,β-unsaturated/α-hetero) is 1. The first kappa shape index (κ1) is 24.1. The van der Waals surface area contributed by atoms with Gasteiger partial charge in [0.15, 0.2) is 5.78 Å². The zero-order valence-electron chi connectivity index (χ0n) is 17.4. The number of benzene rings is 1. The number of alkyl carbamates (subject to hydrolysis) is 1. The van der Waals surface area contributed by atoms with Gasteiger partial charge in [0.25, 0.3) is 0 Å². The minimum atomic E-state index is -0.850. The number of carbonyl (C=O) groups excluding carboxylic acids is 4. The van der Waals surface area contributed by atoms with Gasteiger partial charge in [-0.25, -0.2) is 4.79 Å². The number of hydrogen-bond donors (Lipinski definition) is 2. The van der Waals surface area contributed by atoms with E-state index < -0.39 is 35.5 Å². The fourth-order valence-electron chi connectivity index (χ4n) is 2.43. The number of primary amides is 1. The van der Waals surface area contributed by atoms with Gasteiger partial charge in [-0.1, -0.05) is 30.3 Å². The number of nitrogens with one attached hydrogen (secondary N) is 1. The van der Waals surface area contributed by atoms with Crippen LogP contribution < -0.4 is 11.1 Å². The molecule has 8 nitrogen and oxygen atoms in total. The largest absolute Gasteiger partial charge is 0.461 e. The van der Waals surface area contributed by atoms with Crippen LogP contribution in [0.15, 0.2) is 30.3 Å². The lowest BCUT2D eigenvalue weighted by molar-refractivity contribution is -0.145. The molecule has 0 saturated heterocycles. The second kappa shape index (κ2) is 11.2. The Balaban J connectivity index is 2.47. The molecule has 1 aromatic rings. The van der Waals surface area contributed by atoms with E-state index in [4.69, 9.17) is 15.2 Å². The van der Waals surface area contributed by atoms with Crippen molar-refractivity contribution in [1.82, 2.24) is 5.32 Å². The van der Waals surface area contributed by atoms with Crippen molar-refractivity contribution in [2.24, 2.45) is 11.7 Å². The molecule has 0 aliphatic carbocycles. The summed E-state index contributed by atoms with van der Waals surface area (Å²) in [5.41, 5.74) is 5.53. The number of amides is 2. The molecule has 0 fully saturated rings. The third kappa shape index (κ3) is 10.3. The lowest BCUT2D eigenvalue weighted by atomic mass is 9.94. The summed E-state index contributed by atoms with van der Waals surface area (Å²) in [4.78, 5) is 47.7. The Morgan fingerprint density at radius 2 is 1.72 bits per heavy atom. The third-order valence-corrected chi connectivity index (χ3v) is 4.01. The maximum absolute atomic E-state index is 12.3. The summed E-state index contributed by atoms with van der Waals surface area (Å²) in [5.74, 6) is -2.36. The van der Waals surface area contributed by atoms with Crippen LogP contribution >= 0.6 is 0 Å². The maximum atomic E-state index is 12.3. The zero-order valence-corrected chi connectivity index (χ0v) is 17.4. The number of rotatable bonds is 10. The average molecular weight is 406 g/mol. The topological polar surface area (TPSA) is 125 Å². The standard InChI is InChI=1S/C21H30N2O6/c1-14(23-20(27)29-21(2,3)4)17(24)12-16(19(22)26)10-11-18(25)28-13-15-8-6-5-7-9-15/h5-9,14,16H,10-13H2,1-4H3,(H2,22,26)(H,23,27)/t14?,16-/m1/s1. The molecule has 0 radical (unpaired) electrons. The van der Waals surface area contributed by atoms with E-state index >= 15 is 0 Å². The zero-order chi connectivity index (χ0) is 22.0. The molecule has 0 bridgehead atoms. The summed E-state index contributed by atoms with van der Waals surface area (Å²) in [6.45, 7) is 6.76. The molecule has 0 saturated carbocycles. The molecular formula is C21H30N2O6. The first-order chi connectivity index (χ1) is 13.5. The monoisotopic (exact) mass is 406 g/mol. The van der Waals surface area contributed by atoms with Crippen LogP contribution in [0.5, 0.6) is 0 Å². The van der Waals surface area contributed by atoms with E-state index in [1.54, 1.807) is 20.8 Å². The van der Waals surface area contributed by atoms with Gasteiger partial charge in [0.1, 0.15) is 12.2 Å². The van der Waals surface area contributed by atoms with Gasteiger partial charge in [0.05, 0.1) is 6.04 Å². The SMILES string of the molecule is CC(NC(=O)OC(C)(C)C)C(=O)C[C@@H](CCC(=O)OCc1ccccc1)C(N)=O. The van der Waals surface area contributed by atoms with Gasteiger partial charge in [-0.05, 0) is 39.7 Å². The van der Waals surface area contributed by atoms with E-state index in [9.17, 15) is 19.2 Å². The Kier molecular flexibility index (Phi) is 9.31. The quantitative estimate of drug-likeness (QED) is 0.575. The lowest BCUT2D eigenvalue weighted by Gasteiger charge is -2.22. The van der Waals surface area contributed by atoms with Crippen molar-refractivity contribution < 1.29 is 28.7 Å². The molecule has 0 aliphatic heterocycles. The fourth-order valence-corrected chi connectivity index (χ4v) is 2.43. The molecule has 0 aromatic heterocycles. The van der Waals surface area contributed by atoms with Gasteiger partial charge in [0.2, 0.25) is 5.91 Å². The minimum Gasteiger partial charge on any atom is -0.461 e. The van der Waals surface area contributed by atoms with Gasteiger partial charge in [-0.2, -0.15) is 0 Å². The van der Waals surface area contributed by atoms with Crippen LogP contribution in [-0.2, 0) is 30.5 Å². The highest BCUT2D eigenvalue weighted by atomic mass is 16.6. The molecule has 160 valence electrons. The normalized spacial score (nSPS) is 13.1. The Morgan fingerprint density at radius 1 is 1.10 bits per heavy atom. The van der Waals surface area contributed by atoms with Crippen molar-refractivity contribution in [1.29, 1.82) is 0 Å². The van der Waals surface area contributed by atoms with Gasteiger partial charge in [-0.15, -0.1) is 0 Å². The summed E-state index contributed by atoms with van der Waals surface area (Å²) >= 11 is 0. The van der Waals surface area contributed by atoms with Gasteiger partial charge in [0, 0.05) is 18.8 Å². The molecule has 8 heteroatoms. The summed E-state index contributed by atoms with van der Waals surface area (Å²) in [6.07, 6.45) is -0.855. The molecule has 2 atom stereocenters. The van der Waals surface area contributed by atoms with Crippen LogP contribution in [0.25, 0.3) is 0 Å². The number of nitrogens with two attached hydrogens (primary N) is 1. The molecule has 1 unspecified atom stereocenters. The fraction of sp³-hybridized carbons (Fsp3) is 0.524. The van der Waals surface area contributed by atoms with Crippen LogP contribution in [-0.4, -0.2) is 35.4 Å². The lowest BCUT2D eigenvalue weighted by Crippen LogP contribution is -2.42. The van der Waals surface area contributed by atoms with E-state index in [0.717, 1.165) is 5.56 Å². The summed E-state index contributed by atoms with van der Waals surface area (Å²) in [6, 6.07) is 8.35. The van der Waals surface area contributed by atoms with E-state index in [-0.39, 0.29) is 31.7 Å². The van der Waals surface area contributed by atoms with Crippen LogP contribution in [0.3, 0.4) is 0 Å². The van der Waals surface area contributed by atoms with Crippen LogP contribution in [0, 0.1) is 5.92 Å². The van der Waals surface area contributed by atoms with Crippen molar-refractivity contribution in [2.75, 3.05) is 0 Å². The minimum absolute atomic E-state index is 0.0401. The second-order valence-corrected chi connectivity index (χ2v) is 7.82. The number of esters is 1. The van der Waals surface area contributed by atoms with Gasteiger partial charge >= 0.3 is 12.1 Å². The van der Waals surface area contributed by atoms with Crippen molar-refractivity contribution in [2.45, 2.75) is 65.2 Å². The predicted molar refractivity (Wildman–Crippen MR) is 107 cm³/mol. The van der Waals surface area contributed by atoms with Crippen molar-refractivity contribution in [3.63, 3.8) is 0 Å². The van der Waals surface area contributed by atoms with Crippen molar-refractivity contribution in [3.05, 3.63) is 35.9 Å². The maximum Gasteiger partial charge on any atom is 0.408 e. The molecule has 0 spiro atoms. The number of hydrogen-bond acceptors (Lipinski definition) is 6. The van der Waals surface area contributed by atoms with E-state index in [0.29, 0.717) is 0 Å². The Hall–Kier alpha value is -2.90. The molecule has 0 heterocycles. The molecular weight excluding hydrogens is 376 g/mol. The molecule has 1 rings (SSSR count). The van der Waals surface area contributed by atoms with Crippen LogP contribution in [0.4, 0.5) is 4.79 Å². The first-order valence-corrected chi connectivity index (χ1v) is 9.49. The number of carbonyl (C=O) groups is 4. The van der Waals surface area contributed by atoms with Gasteiger partial charge in [-0.3, -0.25) is 14.4 Å². The molecule has 1 aromatic carbocycles. The molecule has 0 aliphatic rings. The summed E-state index contributed by atoms with van der Waals surface area (Å²) in [7, 11) is 0. The molecule has 29 heavy (non-hydrogen) atoms. The van der Waals surface area contributed by atoms with Crippen molar-refractivity contribution in [3.8, 4) is 0 Å². The van der Waals surface area contributed by atoms with Crippen LogP contribution in [0.2, 0.25) is 0 Å². The number of ether oxygens (including phenoxy) is 2. The van der Waals surface area contributed by atoms with E-state index in [2.05, 4.69) is 5.32 Å². The Labute approximate surface area is 171 Å². The molecule has 2 amide bonds. The highest BCUT2D eigenvalue weighted by Crippen LogP contribution is 2.15.